The van der Waals surface area contributed by atoms with E-state index in [4.69, 9.17) is 9.57 Å². The van der Waals surface area contributed by atoms with E-state index in [0.717, 1.165) is 11.3 Å². The van der Waals surface area contributed by atoms with Crippen LogP contribution in [0.15, 0.2) is 53.8 Å². The van der Waals surface area contributed by atoms with E-state index in [1.165, 1.54) is 0 Å². The molecule has 1 fully saturated rings. The first-order valence-electron chi connectivity index (χ1n) is 11.1. The molecule has 1 aromatic carbocycles. The molecule has 0 aliphatic carbocycles. The van der Waals surface area contributed by atoms with Gasteiger partial charge in [0.15, 0.2) is 0 Å². The highest BCUT2D eigenvalue weighted by molar-refractivity contribution is 6.05. The van der Waals surface area contributed by atoms with Crippen molar-refractivity contribution < 1.29 is 19.2 Å². The lowest BCUT2D eigenvalue weighted by Gasteiger charge is -2.43. The molecule has 2 atom stereocenters. The third-order valence-corrected chi connectivity index (χ3v) is 6.49. The van der Waals surface area contributed by atoms with Crippen molar-refractivity contribution in [3.63, 3.8) is 0 Å². The van der Waals surface area contributed by atoms with Crippen molar-refractivity contribution in [2.75, 3.05) is 34.3 Å². The maximum absolute atomic E-state index is 13.7. The first-order chi connectivity index (χ1) is 15.8. The highest BCUT2D eigenvalue weighted by Crippen LogP contribution is 2.37. The number of piperidine rings is 1. The lowest BCUT2D eigenvalue weighted by Crippen LogP contribution is -2.59. The molecule has 0 radical (unpaired) electrons. The molecular formula is C25H30N4O4. The van der Waals surface area contributed by atoms with E-state index < -0.39 is 11.0 Å². The second-order valence-electron chi connectivity index (χ2n) is 9.09. The van der Waals surface area contributed by atoms with Gasteiger partial charge in [0.2, 0.25) is 11.5 Å². The number of likely N-dealkylation sites (N-methyl/N-ethyl adjacent to an activating group) is 1. The van der Waals surface area contributed by atoms with Gasteiger partial charge in [0.05, 0.1) is 18.5 Å². The summed E-state index contributed by atoms with van der Waals surface area (Å²) in [5.41, 5.74) is 0.285. The van der Waals surface area contributed by atoms with E-state index in [-0.39, 0.29) is 18.4 Å². The van der Waals surface area contributed by atoms with E-state index in [0.29, 0.717) is 37.2 Å². The quantitative estimate of drug-likeness (QED) is 0.699. The van der Waals surface area contributed by atoms with E-state index in [9.17, 15) is 9.59 Å². The fraction of sp³-hybridized carbons (Fsp3) is 0.440. The van der Waals surface area contributed by atoms with E-state index in [2.05, 4.69) is 10.1 Å². The molecule has 8 heteroatoms. The first kappa shape index (κ1) is 22.8. The molecule has 0 unspecified atom stereocenters. The van der Waals surface area contributed by atoms with Gasteiger partial charge in [-0.25, -0.2) is 0 Å². The average Bonchev–Trinajstić information content (AvgIpc) is 3.26. The smallest absolute Gasteiger partial charge is 0.269 e. The Kier molecular flexibility index (Phi) is 6.10. The molecule has 33 heavy (non-hydrogen) atoms. The molecular weight excluding hydrogens is 420 g/mol. The lowest BCUT2D eigenvalue weighted by molar-refractivity contribution is -0.157. The Balaban J connectivity index is 1.56. The van der Waals surface area contributed by atoms with Gasteiger partial charge in [-0.1, -0.05) is 11.2 Å². The molecule has 2 aliphatic heterocycles. The van der Waals surface area contributed by atoms with Crippen LogP contribution in [0.5, 0.6) is 5.75 Å². The van der Waals surface area contributed by atoms with Crippen LogP contribution in [0.3, 0.4) is 0 Å². The predicted molar refractivity (Wildman–Crippen MR) is 124 cm³/mol. The number of nitrogens with zero attached hydrogens (tertiary/aromatic N) is 4. The van der Waals surface area contributed by atoms with Gasteiger partial charge in [-0.2, -0.15) is 0 Å². The number of benzene rings is 1. The maximum atomic E-state index is 13.7. The van der Waals surface area contributed by atoms with Crippen LogP contribution in [0.4, 0.5) is 0 Å². The molecule has 0 spiro atoms. The number of pyridine rings is 1. The van der Waals surface area contributed by atoms with Gasteiger partial charge >= 0.3 is 0 Å². The SMILES string of the molecule is COc1ccc(C2=NO[C@](C)(C(=O)N3CCC[C@](C(=O)N(C)C)(c4ccccn4)C3)C2)cc1. The molecule has 0 N–H and O–H groups in total. The number of amides is 2. The molecule has 0 bridgehead atoms. The molecule has 8 nitrogen and oxygen atoms in total. The second-order valence-corrected chi connectivity index (χ2v) is 9.09. The summed E-state index contributed by atoms with van der Waals surface area (Å²) < 4.78 is 5.21. The van der Waals surface area contributed by atoms with Gasteiger partial charge in [-0.3, -0.25) is 14.6 Å². The minimum absolute atomic E-state index is 0.0497. The van der Waals surface area contributed by atoms with Gasteiger partial charge in [-0.05, 0) is 61.7 Å². The van der Waals surface area contributed by atoms with Crippen LogP contribution < -0.4 is 4.74 Å². The van der Waals surface area contributed by atoms with Crippen molar-refractivity contribution in [3.05, 3.63) is 59.9 Å². The van der Waals surface area contributed by atoms with Crippen LogP contribution >= 0.6 is 0 Å². The van der Waals surface area contributed by atoms with Crippen molar-refractivity contribution in [3.8, 4) is 5.75 Å². The number of methoxy groups -OCH3 is 1. The lowest BCUT2D eigenvalue weighted by atomic mass is 9.75. The number of hydrogen-bond donors (Lipinski definition) is 0. The zero-order valence-corrected chi connectivity index (χ0v) is 19.6. The third-order valence-electron chi connectivity index (χ3n) is 6.49. The van der Waals surface area contributed by atoms with Crippen molar-refractivity contribution in [2.45, 2.75) is 37.2 Å². The standard InChI is InChI=1S/C25H30N4O4/c1-24(16-20(27-33-24)18-9-11-19(32-4)12-10-18)22(30)29-15-7-13-25(17-29,23(31)28(2)3)21-8-5-6-14-26-21/h5-6,8-12,14H,7,13,15-17H2,1-4H3/t24-,25+/m0/s1. The fourth-order valence-corrected chi connectivity index (χ4v) is 4.72. The molecule has 2 aromatic rings. The Morgan fingerprint density at radius 1 is 1.15 bits per heavy atom. The predicted octanol–water partition coefficient (Wildman–Crippen LogP) is 2.62. The van der Waals surface area contributed by atoms with Gasteiger partial charge in [-0.15, -0.1) is 0 Å². The summed E-state index contributed by atoms with van der Waals surface area (Å²) in [6.45, 7) is 2.59. The van der Waals surface area contributed by atoms with Crippen molar-refractivity contribution >= 4 is 17.5 Å². The van der Waals surface area contributed by atoms with Gasteiger partial charge in [0.25, 0.3) is 5.91 Å². The molecule has 4 rings (SSSR count). The largest absolute Gasteiger partial charge is 0.497 e. The van der Waals surface area contributed by atoms with Crippen LogP contribution in [-0.2, 0) is 19.8 Å². The Labute approximate surface area is 194 Å². The second kappa shape index (κ2) is 8.84. The number of hydrogen-bond acceptors (Lipinski definition) is 6. The molecule has 1 saturated heterocycles. The maximum Gasteiger partial charge on any atom is 0.269 e. The van der Waals surface area contributed by atoms with Gasteiger partial charge < -0.3 is 19.4 Å². The molecule has 3 heterocycles. The summed E-state index contributed by atoms with van der Waals surface area (Å²) in [5.74, 6) is 0.537. The van der Waals surface area contributed by atoms with Crippen LogP contribution in [0, 0.1) is 0 Å². The number of oxime groups is 1. The van der Waals surface area contributed by atoms with Crippen molar-refractivity contribution in [2.24, 2.45) is 5.16 Å². The molecule has 174 valence electrons. The van der Waals surface area contributed by atoms with Crippen LogP contribution in [0.2, 0.25) is 0 Å². The molecule has 0 saturated carbocycles. The Morgan fingerprint density at radius 2 is 1.91 bits per heavy atom. The number of carbonyl (C=O) groups is 2. The van der Waals surface area contributed by atoms with E-state index >= 15 is 0 Å². The minimum Gasteiger partial charge on any atom is -0.497 e. The van der Waals surface area contributed by atoms with E-state index in [1.807, 2.05) is 42.5 Å². The van der Waals surface area contributed by atoms with Crippen LogP contribution in [-0.4, -0.2) is 72.2 Å². The number of likely N-dealkylation sites (tertiary alicyclic amines) is 1. The summed E-state index contributed by atoms with van der Waals surface area (Å²) >= 11 is 0. The summed E-state index contributed by atoms with van der Waals surface area (Å²) in [4.78, 5) is 40.6. The number of ether oxygens (including phenoxy) is 1. The molecule has 2 aliphatic rings. The highest BCUT2D eigenvalue weighted by Gasteiger charge is 2.51. The highest BCUT2D eigenvalue weighted by atomic mass is 16.7. The molecule has 1 aromatic heterocycles. The topological polar surface area (TPSA) is 84.3 Å². The normalized spacial score (nSPS) is 24.6. The van der Waals surface area contributed by atoms with Gasteiger partial charge in [0.1, 0.15) is 11.2 Å². The first-order valence-corrected chi connectivity index (χ1v) is 11.1. The van der Waals surface area contributed by atoms with Crippen molar-refractivity contribution in [1.82, 2.24) is 14.8 Å². The average molecular weight is 451 g/mol. The van der Waals surface area contributed by atoms with E-state index in [1.54, 1.807) is 44.1 Å². The Bertz CT molecular complexity index is 1050. The monoisotopic (exact) mass is 450 g/mol. The van der Waals surface area contributed by atoms with Crippen LogP contribution in [0.1, 0.15) is 37.4 Å². The number of carbonyl (C=O) groups excluding carboxylic acids is 2. The fourth-order valence-electron chi connectivity index (χ4n) is 4.72. The number of aromatic nitrogens is 1. The summed E-state index contributed by atoms with van der Waals surface area (Å²) in [5, 5.41) is 4.23. The zero-order chi connectivity index (χ0) is 23.6. The van der Waals surface area contributed by atoms with Crippen LogP contribution in [0.25, 0.3) is 0 Å². The zero-order valence-electron chi connectivity index (χ0n) is 19.6. The van der Waals surface area contributed by atoms with Crippen molar-refractivity contribution in [1.29, 1.82) is 0 Å². The summed E-state index contributed by atoms with van der Waals surface area (Å²) in [7, 11) is 5.10. The third kappa shape index (κ3) is 4.17. The Hall–Kier alpha value is -3.42. The summed E-state index contributed by atoms with van der Waals surface area (Å²) in [6, 6.07) is 13.1. The van der Waals surface area contributed by atoms with Gasteiger partial charge in [0, 0.05) is 39.8 Å². The minimum atomic E-state index is -1.12. The Morgan fingerprint density at radius 3 is 2.55 bits per heavy atom. The summed E-state index contributed by atoms with van der Waals surface area (Å²) in [6.07, 6.45) is 3.38. The number of rotatable bonds is 5. The molecule has 2 amide bonds.